The number of nitrogens with zero attached hydrogens (tertiary/aromatic N) is 1. The molecule has 3 nitrogen and oxygen atoms in total. The van der Waals surface area contributed by atoms with Crippen LogP contribution in [0.4, 0.5) is 0 Å². The molecule has 1 rings (SSSR count). The van der Waals surface area contributed by atoms with Gasteiger partial charge in [0.2, 0.25) is 0 Å². The molecule has 0 unspecified atom stereocenters. The number of benzene rings is 1. The monoisotopic (exact) mass is 207 g/mol. The molecule has 0 saturated carbocycles. The lowest BCUT2D eigenvalue weighted by Gasteiger charge is -2.01. The van der Waals surface area contributed by atoms with Crippen LogP contribution in [0.5, 0.6) is 0 Å². The average Bonchev–Trinajstić information content (AvgIpc) is 2.15. The molecule has 14 heavy (non-hydrogen) atoms. The summed E-state index contributed by atoms with van der Waals surface area (Å²) in [6.07, 6.45) is 0. The molecular formula is C10H13N3S. The van der Waals surface area contributed by atoms with Crippen molar-refractivity contribution in [3.63, 3.8) is 0 Å². The van der Waals surface area contributed by atoms with Gasteiger partial charge in [-0.2, -0.15) is 5.10 Å². The Kier molecular flexibility index (Phi) is 3.59. The lowest BCUT2D eigenvalue weighted by molar-refractivity contribution is 1.03. The van der Waals surface area contributed by atoms with Crippen LogP contribution in [-0.2, 0) is 0 Å². The first-order chi connectivity index (χ1) is 6.59. The summed E-state index contributed by atoms with van der Waals surface area (Å²) in [5.41, 5.74) is 11.0. The number of thiocarbonyl (C=S) groups is 1. The van der Waals surface area contributed by atoms with Crippen LogP contribution in [0.15, 0.2) is 29.4 Å². The van der Waals surface area contributed by atoms with E-state index in [-0.39, 0.29) is 5.11 Å². The van der Waals surface area contributed by atoms with Crippen LogP contribution >= 0.6 is 12.2 Å². The largest absolute Gasteiger partial charge is 0.375 e. The number of hydrogen-bond acceptors (Lipinski definition) is 2. The van der Waals surface area contributed by atoms with Gasteiger partial charge in [0.05, 0.1) is 5.71 Å². The minimum Gasteiger partial charge on any atom is -0.375 e. The van der Waals surface area contributed by atoms with Gasteiger partial charge < -0.3 is 5.73 Å². The normalized spacial score (nSPS) is 11.1. The zero-order valence-corrected chi connectivity index (χ0v) is 9.06. The van der Waals surface area contributed by atoms with Crippen LogP contribution in [0, 0.1) is 6.92 Å². The van der Waals surface area contributed by atoms with E-state index in [1.165, 1.54) is 5.56 Å². The van der Waals surface area contributed by atoms with Crippen molar-refractivity contribution in [1.29, 1.82) is 0 Å². The summed E-state index contributed by atoms with van der Waals surface area (Å²) in [7, 11) is 0. The first kappa shape index (κ1) is 10.7. The van der Waals surface area contributed by atoms with E-state index < -0.39 is 0 Å². The summed E-state index contributed by atoms with van der Waals surface area (Å²) in [6.45, 7) is 3.94. The van der Waals surface area contributed by atoms with Gasteiger partial charge in [0.25, 0.3) is 0 Å². The van der Waals surface area contributed by atoms with Gasteiger partial charge in [0, 0.05) is 0 Å². The molecule has 0 atom stereocenters. The second-order valence-corrected chi connectivity index (χ2v) is 3.48. The van der Waals surface area contributed by atoms with Gasteiger partial charge in [-0.3, -0.25) is 5.43 Å². The van der Waals surface area contributed by atoms with Gasteiger partial charge in [-0.1, -0.05) is 29.8 Å². The summed E-state index contributed by atoms with van der Waals surface area (Å²) in [5.74, 6) is 0. The fourth-order valence-electron chi connectivity index (χ4n) is 0.998. The van der Waals surface area contributed by atoms with E-state index in [0.29, 0.717) is 0 Å². The van der Waals surface area contributed by atoms with Crippen LogP contribution < -0.4 is 11.2 Å². The highest BCUT2D eigenvalue weighted by Crippen LogP contribution is 2.03. The van der Waals surface area contributed by atoms with Gasteiger partial charge in [0.15, 0.2) is 5.11 Å². The second kappa shape index (κ2) is 4.72. The highest BCUT2D eigenvalue weighted by Gasteiger charge is 1.96. The van der Waals surface area contributed by atoms with E-state index in [1.807, 2.05) is 38.1 Å². The summed E-state index contributed by atoms with van der Waals surface area (Å²) in [4.78, 5) is 0. The first-order valence-corrected chi connectivity index (χ1v) is 4.67. The van der Waals surface area contributed by atoms with E-state index in [1.54, 1.807) is 0 Å². The van der Waals surface area contributed by atoms with E-state index in [9.17, 15) is 0 Å². The molecular weight excluding hydrogens is 194 g/mol. The fourth-order valence-corrected chi connectivity index (χ4v) is 1.04. The summed E-state index contributed by atoms with van der Waals surface area (Å²) in [5, 5.41) is 4.20. The predicted molar refractivity (Wildman–Crippen MR) is 63.3 cm³/mol. The van der Waals surface area contributed by atoms with Gasteiger partial charge in [0.1, 0.15) is 0 Å². The van der Waals surface area contributed by atoms with E-state index in [2.05, 4.69) is 22.7 Å². The highest BCUT2D eigenvalue weighted by molar-refractivity contribution is 7.80. The number of nitrogens with two attached hydrogens (primary N) is 1. The molecule has 0 saturated heterocycles. The minimum atomic E-state index is 0.177. The zero-order chi connectivity index (χ0) is 10.6. The van der Waals surface area contributed by atoms with Crippen LogP contribution in [0.3, 0.4) is 0 Å². The van der Waals surface area contributed by atoms with Crippen LogP contribution in [0.1, 0.15) is 18.1 Å². The summed E-state index contributed by atoms with van der Waals surface area (Å²) in [6, 6.07) is 8.09. The topological polar surface area (TPSA) is 50.4 Å². The molecule has 1 aromatic carbocycles. The standard InChI is InChI=1S/C10H13N3S/c1-7-3-5-9(6-4-7)8(2)12-13-10(11)14/h3-6H,1-2H3,(H3,11,13,14)/b12-8+. The Morgan fingerprint density at radius 1 is 1.36 bits per heavy atom. The summed E-state index contributed by atoms with van der Waals surface area (Å²) >= 11 is 4.64. The van der Waals surface area contributed by atoms with Crippen molar-refractivity contribution >= 4 is 23.0 Å². The minimum absolute atomic E-state index is 0.177. The van der Waals surface area contributed by atoms with Crippen molar-refractivity contribution in [2.24, 2.45) is 10.8 Å². The van der Waals surface area contributed by atoms with E-state index in [4.69, 9.17) is 5.73 Å². The molecule has 0 radical (unpaired) electrons. The Labute approximate surface area is 89.0 Å². The Balaban J connectivity index is 2.78. The van der Waals surface area contributed by atoms with Crippen molar-refractivity contribution in [2.45, 2.75) is 13.8 Å². The Morgan fingerprint density at radius 3 is 2.43 bits per heavy atom. The third kappa shape index (κ3) is 3.14. The van der Waals surface area contributed by atoms with Gasteiger partial charge in [-0.15, -0.1) is 0 Å². The van der Waals surface area contributed by atoms with Gasteiger partial charge in [-0.05, 0) is 31.6 Å². The maximum Gasteiger partial charge on any atom is 0.184 e. The van der Waals surface area contributed by atoms with Crippen molar-refractivity contribution in [3.05, 3.63) is 35.4 Å². The number of aryl methyl sites for hydroxylation is 1. The molecule has 0 aliphatic rings. The Hall–Kier alpha value is -1.42. The Morgan fingerprint density at radius 2 is 1.93 bits per heavy atom. The lowest BCUT2D eigenvalue weighted by Crippen LogP contribution is -2.25. The maximum absolute atomic E-state index is 5.26. The van der Waals surface area contributed by atoms with Gasteiger partial charge >= 0.3 is 0 Å². The maximum atomic E-state index is 5.26. The molecule has 1 aromatic rings. The molecule has 0 amide bonds. The van der Waals surface area contributed by atoms with Gasteiger partial charge in [-0.25, -0.2) is 0 Å². The molecule has 0 heterocycles. The van der Waals surface area contributed by atoms with E-state index in [0.717, 1.165) is 11.3 Å². The molecule has 3 N–H and O–H groups in total. The third-order valence-corrected chi connectivity index (χ3v) is 1.89. The molecule has 4 heteroatoms. The van der Waals surface area contributed by atoms with Crippen molar-refractivity contribution in [2.75, 3.05) is 0 Å². The molecule has 0 aliphatic heterocycles. The van der Waals surface area contributed by atoms with Crippen LogP contribution in [0.2, 0.25) is 0 Å². The molecule has 0 aromatic heterocycles. The zero-order valence-electron chi connectivity index (χ0n) is 8.24. The van der Waals surface area contributed by atoms with Crippen molar-refractivity contribution in [3.8, 4) is 0 Å². The first-order valence-electron chi connectivity index (χ1n) is 4.26. The Bertz CT molecular complexity index is 354. The molecule has 0 bridgehead atoms. The van der Waals surface area contributed by atoms with Crippen molar-refractivity contribution in [1.82, 2.24) is 5.43 Å². The number of nitrogens with one attached hydrogen (secondary N) is 1. The molecule has 74 valence electrons. The quantitative estimate of drug-likeness (QED) is 0.439. The average molecular weight is 207 g/mol. The third-order valence-electron chi connectivity index (χ3n) is 1.80. The summed E-state index contributed by atoms with van der Waals surface area (Å²) < 4.78 is 0. The lowest BCUT2D eigenvalue weighted by atomic mass is 10.1. The van der Waals surface area contributed by atoms with Crippen LogP contribution in [-0.4, -0.2) is 10.8 Å². The fraction of sp³-hybridized carbons (Fsp3) is 0.200. The van der Waals surface area contributed by atoms with Crippen LogP contribution in [0.25, 0.3) is 0 Å². The van der Waals surface area contributed by atoms with Crippen molar-refractivity contribution < 1.29 is 0 Å². The highest BCUT2D eigenvalue weighted by atomic mass is 32.1. The molecule has 0 fully saturated rings. The number of hydrazone groups is 1. The number of rotatable bonds is 2. The number of hydrogen-bond donors (Lipinski definition) is 2. The van der Waals surface area contributed by atoms with E-state index >= 15 is 0 Å². The smallest absolute Gasteiger partial charge is 0.184 e. The SMILES string of the molecule is C/C(=N\NC(N)=S)c1ccc(C)cc1. The predicted octanol–water partition coefficient (Wildman–Crippen LogP) is 1.55. The second-order valence-electron chi connectivity index (χ2n) is 3.04. The molecule has 0 aliphatic carbocycles. The molecule has 0 spiro atoms.